The summed E-state index contributed by atoms with van der Waals surface area (Å²) in [5.74, 6) is 1.10. The Morgan fingerprint density at radius 2 is 1.45 bits per heavy atom. The predicted molar refractivity (Wildman–Crippen MR) is 119 cm³/mol. The van der Waals surface area contributed by atoms with Crippen molar-refractivity contribution in [2.45, 2.75) is 44.8 Å². The van der Waals surface area contributed by atoms with E-state index in [9.17, 15) is 10.2 Å². The summed E-state index contributed by atoms with van der Waals surface area (Å²) < 4.78 is 11.1. The number of halogens is 3. The molecular formula is C22H27Cl3O4. The number of benzene rings is 2. The second kappa shape index (κ2) is 10.7. The van der Waals surface area contributed by atoms with E-state index in [0.29, 0.717) is 28.0 Å². The van der Waals surface area contributed by atoms with E-state index in [1.807, 2.05) is 43.3 Å². The largest absolute Gasteiger partial charge is 0.491 e. The van der Waals surface area contributed by atoms with Crippen molar-refractivity contribution < 1.29 is 19.7 Å². The molecule has 2 rings (SSSR count). The molecule has 2 atom stereocenters. The topological polar surface area (TPSA) is 58.9 Å². The van der Waals surface area contributed by atoms with Gasteiger partial charge in [-0.15, -0.1) is 11.6 Å². The lowest BCUT2D eigenvalue weighted by molar-refractivity contribution is 0.104. The lowest BCUT2D eigenvalue weighted by Gasteiger charge is -2.27. The first kappa shape index (κ1) is 24.1. The van der Waals surface area contributed by atoms with Crippen LogP contribution in [0.15, 0.2) is 36.4 Å². The van der Waals surface area contributed by atoms with E-state index in [4.69, 9.17) is 44.3 Å². The summed E-state index contributed by atoms with van der Waals surface area (Å²) in [4.78, 5) is 0. The van der Waals surface area contributed by atoms with Crippen LogP contribution in [0.25, 0.3) is 0 Å². The van der Waals surface area contributed by atoms with Crippen LogP contribution >= 0.6 is 34.8 Å². The van der Waals surface area contributed by atoms with E-state index >= 15 is 0 Å². The standard InChI is InChI=1S/C22H27Cl3O4/c1-4-16(26)12-28-18-7-5-14(6-8-18)22(2,3)15-9-19(24)21(20(25)10-15)29-13-17(27)11-23/h5-10,16-17,26-27H,4,11-13H2,1-3H3/t16-,17-/m1/s1. The van der Waals surface area contributed by atoms with Gasteiger partial charge in [-0.3, -0.25) is 0 Å². The predicted octanol–water partition coefficient (Wildman–Crippen LogP) is 5.45. The Morgan fingerprint density at radius 3 is 1.97 bits per heavy atom. The highest BCUT2D eigenvalue weighted by Gasteiger charge is 2.26. The molecule has 0 unspecified atom stereocenters. The summed E-state index contributed by atoms with van der Waals surface area (Å²) >= 11 is 18.4. The highest BCUT2D eigenvalue weighted by molar-refractivity contribution is 6.37. The fourth-order valence-electron chi connectivity index (χ4n) is 2.73. The maximum atomic E-state index is 9.63. The Hall–Kier alpha value is -1.17. The molecule has 4 nitrogen and oxygen atoms in total. The molecule has 7 heteroatoms. The number of aliphatic hydroxyl groups is 2. The maximum Gasteiger partial charge on any atom is 0.156 e. The van der Waals surface area contributed by atoms with E-state index in [0.717, 1.165) is 11.1 Å². The lowest BCUT2D eigenvalue weighted by atomic mass is 9.78. The van der Waals surface area contributed by atoms with Crippen molar-refractivity contribution in [2.75, 3.05) is 19.1 Å². The van der Waals surface area contributed by atoms with Gasteiger partial charge in [0.1, 0.15) is 25.1 Å². The summed E-state index contributed by atoms with van der Waals surface area (Å²) in [7, 11) is 0. The van der Waals surface area contributed by atoms with Gasteiger partial charge in [-0.05, 0) is 41.8 Å². The minimum atomic E-state index is -0.793. The first-order valence-corrected chi connectivity index (χ1v) is 10.8. The third-order valence-corrected chi connectivity index (χ3v) is 5.73. The highest BCUT2D eigenvalue weighted by Crippen LogP contribution is 2.40. The molecule has 0 radical (unpaired) electrons. The number of hydrogen-bond acceptors (Lipinski definition) is 4. The normalized spacial score (nSPS) is 13.8. The Morgan fingerprint density at radius 1 is 0.897 bits per heavy atom. The summed E-state index contributed by atoms with van der Waals surface area (Å²) in [5, 5.41) is 19.9. The second-order valence-corrected chi connectivity index (χ2v) is 8.53. The monoisotopic (exact) mass is 460 g/mol. The van der Waals surface area contributed by atoms with Crippen molar-refractivity contribution >= 4 is 34.8 Å². The number of ether oxygens (including phenoxy) is 2. The SMILES string of the molecule is CC[C@@H](O)COc1ccc(C(C)(C)c2cc(Cl)c(OC[C@H](O)CCl)c(Cl)c2)cc1. The molecule has 0 heterocycles. The zero-order valence-electron chi connectivity index (χ0n) is 16.8. The molecule has 2 aromatic carbocycles. The quantitative estimate of drug-likeness (QED) is 0.462. The Balaban J connectivity index is 2.19. The van der Waals surface area contributed by atoms with Crippen LogP contribution in [0, 0.1) is 0 Å². The molecule has 0 aliphatic heterocycles. The fraction of sp³-hybridized carbons (Fsp3) is 0.455. The molecular weight excluding hydrogens is 435 g/mol. The van der Waals surface area contributed by atoms with Gasteiger partial charge in [0, 0.05) is 5.41 Å². The molecule has 0 aliphatic carbocycles. The zero-order chi connectivity index (χ0) is 21.6. The Bertz CT molecular complexity index is 770. The molecule has 2 N–H and O–H groups in total. The first-order chi connectivity index (χ1) is 13.7. The van der Waals surface area contributed by atoms with E-state index in [1.54, 1.807) is 0 Å². The van der Waals surface area contributed by atoms with Crippen molar-refractivity contribution in [3.05, 3.63) is 57.6 Å². The summed E-state index contributed by atoms with van der Waals surface area (Å²) in [6.45, 7) is 6.34. The number of alkyl halides is 1. The molecule has 0 saturated carbocycles. The zero-order valence-corrected chi connectivity index (χ0v) is 19.1. The third kappa shape index (κ3) is 6.40. The fourth-order valence-corrected chi connectivity index (χ4v) is 3.41. The number of aliphatic hydroxyl groups excluding tert-OH is 2. The van der Waals surface area contributed by atoms with E-state index in [-0.39, 0.29) is 24.5 Å². The number of hydrogen-bond donors (Lipinski definition) is 2. The molecule has 2 aromatic rings. The van der Waals surface area contributed by atoms with Crippen molar-refractivity contribution in [1.29, 1.82) is 0 Å². The van der Waals surface area contributed by atoms with Gasteiger partial charge >= 0.3 is 0 Å². The average Bonchev–Trinajstić information content (AvgIpc) is 2.71. The Labute approximate surface area is 187 Å². The minimum absolute atomic E-state index is 0.0138. The van der Waals surface area contributed by atoms with Gasteiger partial charge in [-0.1, -0.05) is 56.1 Å². The summed E-state index contributed by atoms with van der Waals surface area (Å²) in [6, 6.07) is 11.4. The first-order valence-electron chi connectivity index (χ1n) is 9.46. The van der Waals surface area contributed by atoms with E-state index in [2.05, 4.69) is 13.8 Å². The molecule has 0 saturated heterocycles. The van der Waals surface area contributed by atoms with Gasteiger partial charge in [0.05, 0.1) is 22.0 Å². The Kier molecular flexibility index (Phi) is 8.92. The molecule has 0 aliphatic rings. The van der Waals surface area contributed by atoms with Gasteiger partial charge in [-0.2, -0.15) is 0 Å². The van der Waals surface area contributed by atoms with Gasteiger partial charge in [-0.25, -0.2) is 0 Å². The molecule has 0 aromatic heterocycles. The van der Waals surface area contributed by atoms with Gasteiger partial charge in [0.25, 0.3) is 0 Å². The maximum absolute atomic E-state index is 9.63. The van der Waals surface area contributed by atoms with Crippen molar-refractivity contribution in [3.63, 3.8) is 0 Å². The lowest BCUT2D eigenvalue weighted by Crippen LogP contribution is -2.21. The van der Waals surface area contributed by atoms with Crippen LogP contribution in [0.4, 0.5) is 0 Å². The van der Waals surface area contributed by atoms with Gasteiger partial charge < -0.3 is 19.7 Å². The minimum Gasteiger partial charge on any atom is -0.491 e. The van der Waals surface area contributed by atoms with Crippen LogP contribution in [-0.2, 0) is 5.41 Å². The molecule has 0 amide bonds. The summed E-state index contributed by atoms with van der Waals surface area (Å²) in [5.41, 5.74) is 1.61. The average molecular weight is 462 g/mol. The van der Waals surface area contributed by atoms with Gasteiger partial charge in [0.15, 0.2) is 5.75 Å². The molecule has 29 heavy (non-hydrogen) atoms. The van der Waals surface area contributed by atoms with Crippen LogP contribution in [0.3, 0.4) is 0 Å². The highest BCUT2D eigenvalue weighted by atomic mass is 35.5. The molecule has 0 fully saturated rings. The number of rotatable bonds is 10. The van der Waals surface area contributed by atoms with Crippen molar-refractivity contribution in [3.8, 4) is 11.5 Å². The second-order valence-electron chi connectivity index (χ2n) is 7.41. The van der Waals surface area contributed by atoms with Crippen LogP contribution in [-0.4, -0.2) is 41.5 Å². The van der Waals surface area contributed by atoms with Crippen LogP contribution in [0.1, 0.15) is 38.3 Å². The van der Waals surface area contributed by atoms with Gasteiger partial charge in [0.2, 0.25) is 0 Å². The van der Waals surface area contributed by atoms with E-state index < -0.39 is 12.2 Å². The molecule has 0 bridgehead atoms. The smallest absolute Gasteiger partial charge is 0.156 e. The van der Waals surface area contributed by atoms with E-state index in [1.165, 1.54) is 0 Å². The van der Waals surface area contributed by atoms with Crippen LogP contribution in [0.2, 0.25) is 10.0 Å². The van der Waals surface area contributed by atoms with Crippen molar-refractivity contribution in [2.24, 2.45) is 0 Å². The summed E-state index contributed by atoms with van der Waals surface area (Å²) in [6.07, 6.45) is -0.613. The molecule has 0 spiro atoms. The van der Waals surface area contributed by atoms with Crippen LogP contribution in [0.5, 0.6) is 11.5 Å². The van der Waals surface area contributed by atoms with Crippen molar-refractivity contribution in [1.82, 2.24) is 0 Å². The van der Waals surface area contributed by atoms with Crippen LogP contribution < -0.4 is 9.47 Å². The molecule has 160 valence electrons. The third-order valence-electron chi connectivity index (χ3n) is 4.81.